The number of amidine groups is 1. The molecule has 3 heterocycles. The molecule has 2 fully saturated rings. The lowest BCUT2D eigenvalue weighted by Gasteiger charge is -2.15. The van der Waals surface area contributed by atoms with Crippen molar-refractivity contribution in [2.45, 2.75) is 51.7 Å². The third-order valence-electron chi connectivity index (χ3n) is 6.12. The summed E-state index contributed by atoms with van der Waals surface area (Å²) in [5.74, 6) is -0.435. The maximum absolute atomic E-state index is 13.9. The molecule has 0 aliphatic carbocycles. The molecule has 9 nitrogen and oxygen atoms in total. The minimum absolute atomic E-state index is 0.0696. The Kier molecular flexibility index (Phi) is 8.70. The number of halogens is 3. The average Bonchev–Trinajstić information content (AvgIpc) is 3.50. The third kappa shape index (κ3) is 6.58. The van der Waals surface area contributed by atoms with Gasteiger partial charge >= 0.3 is 6.18 Å². The van der Waals surface area contributed by atoms with Gasteiger partial charge in [-0.3, -0.25) is 14.5 Å². The number of aromatic nitrogens is 2. The van der Waals surface area contributed by atoms with Crippen molar-refractivity contribution in [1.29, 1.82) is 0 Å². The summed E-state index contributed by atoms with van der Waals surface area (Å²) >= 11 is 0. The van der Waals surface area contributed by atoms with E-state index in [0.717, 1.165) is 45.0 Å². The fourth-order valence-corrected chi connectivity index (χ4v) is 4.20. The Hall–Kier alpha value is -2.89. The van der Waals surface area contributed by atoms with Crippen LogP contribution in [-0.4, -0.2) is 83.1 Å². The number of likely N-dealkylation sites (N-methyl/N-ethyl adjacent to an activating group) is 1. The topological polar surface area (TPSA) is 104 Å². The van der Waals surface area contributed by atoms with Crippen molar-refractivity contribution in [2.24, 2.45) is 15.7 Å². The standard InChI is InChI=1S/C22H33F3N8O/c1-3-31-11-7-17(13-31)33-14-19(16(2)30-33)28-12-18(22(23,24)25)21(29-15-26)27-8-5-10-32-9-4-6-20(32)34/h12,14-15,17,28H,3-11,13H2,1-2H3,(H2,26,27,29). The minimum atomic E-state index is -4.69. The van der Waals surface area contributed by atoms with Crippen LogP contribution in [0.4, 0.5) is 18.9 Å². The lowest BCUT2D eigenvalue weighted by Crippen LogP contribution is -2.26. The zero-order valence-corrected chi connectivity index (χ0v) is 19.7. The van der Waals surface area contributed by atoms with Gasteiger partial charge in [0.15, 0.2) is 5.84 Å². The zero-order valence-electron chi connectivity index (χ0n) is 19.7. The number of carbonyl (C=O) groups excluding carboxylic acids is 1. The molecule has 0 bridgehead atoms. The van der Waals surface area contributed by atoms with E-state index in [4.69, 9.17) is 5.73 Å². The molecule has 3 N–H and O–H groups in total. The number of hydrogen-bond donors (Lipinski definition) is 2. The van der Waals surface area contributed by atoms with Crippen LogP contribution in [0.25, 0.3) is 0 Å². The normalized spacial score (nSPS) is 20.8. The summed E-state index contributed by atoms with van der Waals surface area (Å²) in [7, 11) is 0. The maximum Gasteiger partial charge on any atom is 0.421 e. The van der Waals surface area contributed by atoms with Crippen LogP contribution in [0.5, 0.6) is 0 Å². The number of nitrogens with one attached hydrogen (secondary N) is 1. The van der Waals surface area contributed by atoms with Gasteiger partial charge in [-0.25, -0.2) is 4.99 Å². The first-order chi connectivity index (χ1) is 16.2. The van der Waals surface area contributed by atoms with E-state index in [0.29, 0.717) is 37.3 Å². The van der Waals surface area contributed by atoms with Crippen LogP contribution in [0.3, 0.4) is 0 Å². The summed E-state index contributed by atoms with van der Waals surface area (Å²) in [6, 6.07) is 0.196. The van der Waals surface area contributed by atoms with Gasteiger partial charge in [0.25, 0.3) is 0 Å². The van der Waals surface area contributed by atoms with Gasteiger partial charge in [-0.15, -0.1) is 0 Å². The van der Waals surface area contributed by atoms with Gasteiger partial charge in [0.1, 0.15) is 5.57 Å². The van der Waals surface area contributed by atoms with Gasteiger partial charge < -0.3 is 20.9 Å². The minimum Gasteiger partial charge on any atom is -0.390 e. The van der Waals surface area contributed by atoms with Crippen LogP contribution in [-0.2, 0) is 4.79 Å². The molecule has 0 aromatic carbocycles. The average molecular weight is 483 g/mol. The van der Waals surface area contributed by atoms with Gasteiger partial charge in [0.05, 0.1) is 23.8 Å². The number of nitrogens with zero attached hydrogens (tertiary/aromatic N) is 6. The smallest absolute Gasteiger partial charge is 0.390 e. The SMILES string of the molecule is CCN1CCC(n2cc(NC=C(C(N=CN)=NCCCN3CCCC3=O)C(F)(F)F)c(C)n2)C1. The Balaban J connectivity index is 1.71. The molecule has 3 rings (SSSR count). The van der Waals surface area contributed by atoms with Crippen molar-refractivity contribution in [2.75, 3.05) is 44.6 Å². The highest BCUT2D eigenvalue weighted by Crippen LogP contribution is 2.29. The lowest BCUT2D eigenvalue weighted by molar-refractivity contribution is -0.127. The third-order valence-corrected chi connectivity index (χ3v) is 6.12. The van der Waals surface area contributed by atoms with E-state index in [9.17, 15) is 18.0 Å². The van der Waals surface area contributed by atoms with Crippen LogP contribution < -0.4 is 11.1 Å². The number of amides is 1. The number of alkyl halides is 3. The van der Waals surface area contributed by atoms with E-state index in [1.165, 1.54) is 0 Å². The molecule has 2 aliphatic heterocycles. The molecule has 1 amide bonds. The summed E-state index contributed by atoms with van der Waals surface area (Å²) in [6.07, 6.45) is 1.42. The predicted octanol–water partition coefficient (Wildman–Crippen LogP) is 2.71. The molecule has 1 aromatic rings. The fourth-order valence-electron chi connectivity index (χ4n) is 4.20. The van der Waals surface area contributed by atoms with Gasteiger partial charge in [-0.1, -0.05) is 6.92 Å². The largest absolute Gasteiger partial charge is 0.421 e. The van der Waals surface area contributed by atoms with Crippen molar-refractivity contribution in [3.63, 3.8) is 0 Å². The first-order valence-electron chi connectivity index (χ1n) is 11.6. The van der Waals surface area contributed by atoms with E-state index in [1.807, 2.05) is 4.68 Å². The molecule has 12 heteroatoms. The molecule has 0 saturated carbocycles. The predicted molar refractivity (Wildman–Crippen MR) is 126 cm³/mol. The van der Waals surface area contributed by atoms with Crippen LogP contribution in [0.2, 0.25) is 0 Å². The number of aliphatic imine (C=N–C) groups is 2. The highest BCUT2D eigenvalue weighted by molar-refractivity contribution is 6.03. The molecule has 0 radical (unpaired) electrons. The van der Waals surface area contributed by atoms with Crippen molar-refractivity contribution < 1.29 is 18.0 Å². The van der Waals surface area contributed by atoms with Gasteiger partial charge in [-0.05, 0) is 32.7 Å². The Morgan fingerprint density at radius 2 is 2.18 bits per heavy atom. The first kappa shape index (κ1) is 25.7. The zero-order chi connectivity index (χ0) is 24.7. The monoisotopic (exact) mass is 482 g/mol. The number of likely N-dealkylation sites (tertiary alicyclic amines) is 2. The number of anilines is 1. The van der Waals surface area contributed by atoms with Gasteiger partial charge in [0.2, 0.25) is 5.91 Å². The Morgan fingerprint density at radius 3 is 2.79 bits per heavy atom. The fraction of sp³-hybridized carbons (Fsp3) is 0.636. The molecule has 2 aliphatic rings. The second kappa shape index (κ2) is 11.5. The molecule has 0 spiro atoms. The molecular weight excluding hydrogens is 449 g/mol. The Bertz CT molecular complexity index is 937. The molecule has 188 valence electrons. The molecule has 2 saturated heterocycles. The summed E-state index contributed by atoms with van der Waals surface area (Å²) < 4.78 is 43.4. The van der Waals surface area contributed by atoms with Crippen LogP contribution in [0.15, 0.2) is 28.0 Å². The summed E-state index contributed by atoms with van der Waals surface area (Å²) in [5, 5.41) is 7.23. The summed E-state index contributed by atoms with van der Waals surface area (Å²) in [4.78, 5) is 23.4. The number of aryl methyl sites for hydroxylation is 1. The maximum atomic E-state index is 13.9. The number of carbonyl (C=O) groups is 1. The quantitative estimate of drug-likeness (QED) is 0.320. The van der Waals surface area contributed by atoms with E-state index in [2.05, 4.69) is 32.2 Å². The van der Waals surface area contributed by atoms with Crippen LogP contribution >= 0.6 is 0 Å². The van der Waals surface area contributed by atoms with Gasteiger partial charge in [0, 0.05) is 51.5 Å². The number of rotatable bonds is 9. The lowest BCUT2D eigenvalue weighted by atomic mass is 10.2. The van der Waals surface area contributed by atoms with Gasteiger partial charge in [-0.2, -0.15) is 18.3 Å². The van der Waals surface area contributed by atoms with Crippen LogP contribution in [0, 0.1) is 6.92 Å². The first-order valence-corrected chi connectivity index (χ1v) is 11.6. The number of hydrogen-bond acceptors (Lipinski definition) is 5. The Morgan fingerprint density at radius 1 is 1.38 bits per heavy atom. The van der Waals surface area contributed by atoms with Crippen molar-refractivity contribution in [3.8, 4) is 0 Å². The number of nitrogens with two attached hydrogens (primary N) is 1. The van der Waals surface area contributed by atoms with E-state index >= 15 is 0 Å². The highest BCUT2D eigenvalue weighted by atomic mass is 19.4. The second-order valence-electron chi connectivity index (χ2n) is 8.47. The molecule has 1 aromatic heterocycles. The van der Waals surface area contributed by atoms with E-state index < -0.39 is 17.6 Å². The highest BCUT2D eigenvalue weighted by Gasteiger charge is 2.37. The summed E-state index contributed by atoms with van der Waals surface area (Å²) in [5.41, 5.74) is 5.36. The van der Waals surface area contributed by atoms with Crippen molar-refractivity contribution in [3.05, 3.63) is 23.7 Å². The molecule has 34 heavy (non-hydrogen) atoms. The second-order valence-corrected chi connectivity index (χ2v) is 8.47. The van der Waals surface area contributed by atoms with Crippen molar-refractivity contribution in [1.82, 2.24) is 19.6 Å². The van der Waals surface area contributed by atoms with Crippen LogP contribution in [0.1, 0.15) is 44.3 Å². The molecule has 1 unspecified atom stereocenters. The molecular formula is C22H33F3N8O. The van der Waals surface area contributed by atoms with Crippen molar-refractivity contribution >= 4 is 23.8 Å². The molecule has 1 atom stereocenters. The summed E-state index contributed by atoms with van der Waals surface area (Å²) in [6.45, 7) is 7.88. The van der Waals surface area contributed by atoms with E-state index in [1.54, 1.807) is 18.0 Å². The van der Waals surface area contributed by atoms with E-state index in [-0.39, 0.29) is 18.5 Å². The Labute approximate surface area is 197 Å².